The fraction of sp³-hybridized carbons (Fsp3) is 0.136. The molecule has 154 valence electrons. The lowest BCUT2D eigenvalue weighted by Gasteiger charge is -2.35. The van der Waals surface area contributed by atoms with E-state index in [2.05, 4.69) is 5.32 Å². The Balaban J connectivity index is 1.71. The van der Waals surface area contributed by atoms with Crippen LogP contribution >= 0.6 is 0 Å². The maximum absolute atomic E-state index is 12.7. The highest BCUT2D eigenvalue weighted by atomic mass is 16.5. The number of hydrogen-bond donors (Lipinski definition) is 6. The lowest BCUT2D eigenvalue weighted by molar-refractivity contribution is 0.0837. The molecule has 8 heteroatoms. The van der Waals surface area contributed by atoms with Crippen LogP contribution in [-0.4, -0.2) is 37.5 Å². The van der Waals surface area contributed by atoms with Crippen LogP contribution in [0.1, 0.15) is 27.6 Å². The molecule has 0 aliphatic carbocycles. The Bertz CT molecular complexity index is 1090. The third-order valence-electron chi connectivity index (χ3n) is 5.02. The van der Waals surface area contributed by atoms with Gasteiger partial charge in [0.15, 0.2) is 17.2 Å². The number of phenolic OH excluding ortho intramolecular Hbond substituents is 5. The first kappa shape index (κ1) is 19.3. The van der Waals surface area contributed by atoms with Crippen LogP contribution in [-0.2, 0) is 6.42 Å². The molecule has 3 aromatic carbocycles. The van der Waals surface area contributed by atoms with Gasteiger partial charge in [-0.1, -0.05) is 6.07 Å². The molecule has 6 N–H and O–H groups in total. The van der Waals surface area contributed by atoms with E-state index < -0.39 is 35.3 Å². The van der Waals surface area contributed by atoms with Gasteiger partial charge in [-0.25, -0.2) is 0 Å². The Morgan fingerprint density at radius 3 is 2.23 bits per heavy atom. The normalized spacial score (nSPS) is 17.6. The lowest BCUT2D eigenvalue weighted by Crippen LogP contribution is -2.44. The Morgan fingerprint density at radius 1 is 0.900 bits per heavy atom. The number of nitrogens with one attached hydrogen (secondary N) is 1. The third-order valence-corrected chi connectivity index (χ3v) is 5.02. The Hall–Kier alpha value is -4.07. The number of phenols is 5. The van der Waals surface area contributed by atoms with E-state index in [0.717, 1.165) is 0 Å². The minimum atomic E-state index is -0.822. The van der Waals surface area contributed by atoms with Crippen LogP contribution < -0.4 is 10.1 Å². The Kier molecular flexibility index (Phi) is 4.75. The summed E-state index contributed by atoms with van der Waals surface area (Å²) in [5, 5.41) is 51.9. The Labute approximate surface area is 171 Å². The fourth-order valence-corrected chi connectivity index (χ4v) is 3.50. The van der Waals surface area contributed by atoms with Crippen LogP contribution in [0.15, 0.2) is 54.6 Å². The molecule has 1 unspecified atom stereocenters. The molecule has 0 radical (unpaired) electrons. The fourth-order valence-electron chi connectivity index (χ4n) is 3.50. The van der Waals surface area contributed by atoms with Gasteiger partial charge in [0.05, 0.1) is 6.04 Å². The maximum Gasteiger partial charge on any atom is 0.251 e. The summed E-state index contributed by atoms with van der Waals surface area (Å²) in [5.41, 5.74) is 1.15. The molecule has 1 aliphatic heterocycles. The van der Waals surface area contributed by atoms with Gasteiger partial charge in [-0.05, 0) is 48.5 Å². The van der Waals surface area contributed by atoms with Gasteiger partial charge in [-0.2, -0.15) is 0 Å². The number of fused-ring (bicyclic) bond motifs is 1. The molecule has 3 aromatic rings. The van der Waals surface area contributed by atoms with Crippen LogP contribution in [0.3, 0.4) is 0 Å². The van der Waals surface area contributed by atoms with E-state index in [1.165, 1.54) is 42.5 Å². The van der Waals surface area contributed by atoms with Crippen molar-refractivity contribution in [1.29, 1.82) is 0 Å². The van der Waals surface area contributed by atoms with E-state index in [0.29, 0.717) is 22.4 Å². The topological polar surface area (TPSA) is 139 Å². The van der Waals surface area contributed by atoms with Crippen molar-refractivity contribution in [3.8, 4) is 34.5 Å². The molecule has 0 saturated heterocycles. The molecule has 1 heterocycles. The minimum absolute atomic E-state index is 0.0197. The molecule has 0 saturated carbocycles. The van der Waals surface area contributed by atoms with Gasteiger partial charge in [-0.3, -0.25) is 4.79 Å². The van der Waals surface area contributed by atoms with Crippen molar-refractivity contribution in [3.63, 3.8) is 0 Å². The zero-order valence-electron chi connectivity index (χ0n) is 15.6. The summed E-state index contributed by atoms with van der Waals surface area (Å²) in [6, 6.07) is 12.3. The molecule has 0 bridgehead atoms. The highest BCUT2D eigenvalue weighted by Crippen LogP contribution is 2.43. The number of ether oxygens (including phenoxy) is 1. The van der Waals surface area contributed by atoms with Crippen molar-refractivity contribution in [3.05, 3.63) is 71.3 Å². The average Bonchev–Trinajstić information content (AvgIpc) is 2.72. The van der Waals surface area contributed by atoms with Gasteiger partial charge in [0.1, 0.15) is 23.4 Å². The van der Waals surface area contributed by atoms with E-state index in [1.54, 1.807) is 12.1 Å². The molecule has 1 aliphatic rings. The summed E-state index contributed by atoms with van der Waals surface area (Å²) in [4.78, 5) is 12.7. The standard InChI is InChI=1S/C22H19NO7/c24-13-6-4-11(5-7-13)22(29)23-15-10-14-16(25)2-1-3-19(14)30-21(15)12-8-17(26)20(28)18(27)9-12/h1-9,15,21,24-28H,10H2,(H,23,29)/t15?,21-/m1/s1. The zero-order valence-corrected chi connectivity index (χ0v) is 15.6. The smallest absolute Gasteiger partial charge is 0.251 e. The van der Waals surface area contributed by atoms with Gasteiger partial charge in [-0.15, -0.1) is 0 Å². The summed E-state index contributed by atoms with van der Waals surface area (Å²) in [6.45, 7) is 0. The number of hydrogen-bond acceptors (Lipinski definition) is 7. The van der Waals surface area contributed by atoms with Crippen molar-refractivity contribution < 1.29 is 35.1 Å². The Morgan fingerprint density at radius 2 is 1.57 bits per heavy atom. The second-order valence-corrected chi connectivity index (χ2v) is 7.03. The predicted octanol–water partition coefficient (Wildman–Crippen LogP) is 2.69. The molecule has 1 amide bonds. The molecule has 4 rings (SSSR count). The number of benzene rings is 3. The molecule has 30 heavy (non-hydrogen) atoms. The molecule has 8 nitrogen and oxygen atoms in total. The number of carbonyl (C=O) groups is 1. The largest absolute Gasteiger partial charge is 0.508 e. The molecule has 0 fully saturated rings. The van der Waals surface area contributed by atoms with Gasteiger partial charge in [0.25, 0.3) is 5.91 Å². The summed E-state index contributed by atoms with van der Waals surface area (Å²) in [5.74, 6) is -1.69. The number of aromatic hydroxyl groups is 5. The van der Waals surface area contributed by atoms with Crippen molar-refractivity contribution >= 4 is 5.91 Å². The summed E-state index contributed by atoms with van der Waals surface area (Å²) >= 11 is 0. The van der Waals surface area contributed by atoms with Gasteiger partial charge >= 0.3 is 0 Å². The first-order valence-electron chi connectivity index (χ1n) is 9.15. The van der Waals surface area contributed by atoms with E-state index in [4.69, 9.17) is 4.74 Å². The van der Waals surface area contributed by atoms with Crippen molar-refractivity contribution in [2.75, 3.05) is 0 Å². The third kappa shape index (κ3) is 3.50. The first-order valence-corrected chi connectivity index (χ1v) is 9.15. The molecular weight excluding hydrogens is 390 g/mol. The summed E-state index contributed by atoms with van der Waals surface area (Å²) in [7, 11) is 0. The van der Waals surface area contributed by atoms with Crippen LogP contribution in [0.4, 0.5) is 0 Å². The highest BCUT2D eigenvalue weighted by Gasteiger charge is 2.35. The van der Waals surface area contributed by atoms with Crippen LogP contribution in [0.2, 0.25) is 0 Å². The van der Waals surface area contributed by atoms with Crippen LogP contribution in [0.5, 0.6) is 34.5 Å². The van der Waals surface area contributed by atoms with Crippen molar-refractivity contribution in [2.24, 2.45) is 0 Å². The van der Waals surface area contributed by atoms with Crippen LogP contribution in [0.25, 0.3) is 0 Å². The van der Waals surface area contributed by atoms with E-state index in [1.807, 2.05) is 0 Å². The second-order valence-electron chi connectivity index (χ2n) is 7.03. The van der Waals surface area contributed by atoms with E-state index in [9.17, 15) is 30.3 Å². The number of carbonyl (C=O) groups excluding carboxylic acids is 1. The average molecular weight is 409 g/mol. The predicted molar refractivity (Wildman–Crippen MR) is 106 cm³/mol. The summed E-state index contributed by atoms with van der Waals surface area (Å²) in [6.07, 6.45) is -0.600. The minimum Gasteiger partial charge on any atom is -0.508 e. The van der Waals surface area contributed by atoms with Gasteiger partial charge < -0.3 is 35.6 Å². The van der Waals surface area contributed by atoms with Crippen LogP contribution in [0, 0.1) is 0 Å². The maximum atomic E-state index is 12.7. The summed E-state index contributed by atoms with van der Waals surface area (Å²) < 4.78 is 6.00. The van der Waals surface area contributed by atoms with Crippen molar-refractivity contribution in [2.45, 2.75) is 18.6 Å². The number of rotatable bonds is 3. The zero-order chi connectivity index (χ0) is 21.4. The van der Waals surface area contributed by atoms with Gasteiger partial charge in [0, 0.05) is 23.1 Å². The highest BCUT2D eigenvalue weighted by molar-refractivity contribution is 5.94. The van der Waals surface area contributed by atoms with E-state index >= 15 is 0 Å². The first-order chi connectivity index (χ1) is 14.3. The monoisotopic (exact) mass is 409 g/mol. The molecule has 0 spiro atoms. The molecule has 2 atom stereocenters. The molecular formula is C22H19NO7. The second kappa shape index (κ2) is 7.40. The van der Waals surface area contributed by atoms with Crippen molar-refractivity contribution in [1.82, 2.24) is 5.32 Å². The number of amides is 1. The van der Waals surface area contributed by atoms with Gasteiger partial charge in [0.2, 0.25) is 0 Å². The van der Waals surface area contributed by atoms with E-state index in [-0.39, 0.29) is 17.9 Å². The molecule has 0 aromatic heterocycles. The SMILES string of the molecule is O=C(NC1Cc2c(O)cccc2O[C@@H]1c1cc(O)c(O)c(O)c1)c1ccc(O)cc1. The quantitative estimate of drug-likeness (QED) is 0.366. The lowest BCUT2D eigenvalue weighted by atomic mass is 9.91.